The molecule has 1 atom stereocenters. The standard InChI is InChI=1S/C14H11BrF2O2/c1-8(18)10-3-2-4-12(17)14(10)19-13-7-9(16)5-6-11(13)15/h2-8,18H,1H3. The van der Waals surface area contributed by atoms with Crippen molar-refractivity contribution >= 4 is 15.9 Å². The molecule has 0 aliphatic carbocycles. The number of hydrogen-bond donors (Lipinski definition) is 1. The summed E-state index contributed by atoms with van der Waals surface area (Å²) in [7, 11) is 0. The molecule has 0 saturated carbocycles. The Morgan fingerprint density at radius 2 is 1.95 bits per heavy atom. The van der Waals surface area contributed by atoms with Gasteiger partial charge in [0.25, 0.3) is 0 Å². The van der Waals surface area contributed by atoms with Gasteiger partial charge in [-0.3, -0.25) is 0 Å². The second kappa shape index (κ2) is 5.67. The van der Waals surface area contributed by atoms with Crippen molar-refractivity contribution in [3.05, 3.63) is 58.1 Å². The summed E-state index contributed by atoms with van der Waals surface area (Å²) in [5.74, 6) is -1.07. The zero-order valence-corrected chi connectivity index (χ0v) is 11.6. The molecule has 0 aromatic heterocycles. The van der Waals surface area contributed by atoms with Crippen molar-refractivity contribution in [2.45, 2.75) is 13.0 Å². The summed E-state index contributed by atoms with van der Waals surface area (Å²) >= 11 is 3.20. The van der Waals surface area contributed by atoms with E-state index in [0.29, 0.717) is 10.0 Å². The van der Waals surface area contributed by atoms with Crippen LogP contribution in [0.1, 0.15) is 18.6 Å². The van der Waals surface area contributed by atoms with Crippen LogP contribution in [-0.4, -0.2) is 5.11 Å². The molecule has 1 unspecified atom stereocenters. The summed E-state index contributed by atoms with van der Waals surface area (Å²) in [5.41, 5.74) is 0.302. The van der Waals surface area contributed by atoms with Crippen LogP contribution in [0.5, 0.6) is 11.5 Å². The van der Waals surface area contributed by atoms with Gasteiger partial charge in [-0.15, -0.1) is 0 Å². The number of rotatable bonds is 3. The van der Waals surface area contributed by atoms with E-state index in [-0.39, 0.29) is 11.5 Å². The molecule has 0 saturated heterocycles. The first-order valence-corrected chi connectivity index (χ1v) is 6.37. The molecule has 0 radical (unpaired) electrons. The van der Waals surface area contributed by atoms with E-state index in [1.54, 1.807) is 6.07 Å². The minimum Gasteiger partial charge on any atom is -0.453 e. The van der Waals surface area contributed by atoms with Crippen LogP contribution in [0.3, 0.4) is 0 Å². The summed E-state index contributed by atoms with van der Waals surface area (Å²) in [6, 6.07) is 8.11. The molecule has 2 aromatic carbocycles. The lowest BCUT2D eigenvalue weighted by Crippen LogP contribution is -1.99. The third kappa shape index (κ3) is 3.11. The Balaban J connectivity index is 2.46. The van der Waals surface area contributed by atoms with E-state index in [4.69, 9.17) is 4.74 Å². The molecule has 19 heavy (non-hydrogen) atoms. The van der Waals surface area contributed by atoms with Crippen LogP contribution in [0.25, 0.3) is 0 Å². The number of para-hydroxylation sites is 1. The Labute approximate surface area is 117 Å². The summed E-state index contributed by atoms with van der Waals surface area (Å²) in [6.07, 6.45) is -0.891. The summed E-state index contributed by atoms with van der Waals surface area (Å²) in [6.45, 7) is 1.50. The molecule has 100 valence electrons. The molecule has 5 heteroatoms. The van der Waals surface area contributed by atoms with Gasteiger partial charge in [0.1, 0.15) is 11.6 Å². The average molecular weight is 329 g/mol. The van der Waals surface area contributed by atoms with Crippen LogP contribution in [-0.2, 0) is 0 Å². The normalized spacial score (nSPS) is 12.3. The maximum absolute atomic E-state index is 13.8. The first-order valence-electron chi connectivity index (χ1n) is 5.58. The van der Waals surface area contributed by atoms with E-state index in [9.17, 15) is 13.9 Å². The maximum atomic E-state index is 13.8. The lowest BCUT2D eigenvalue weighted by atomic mass is 10.1. The molecular weight excluding hydrogens is 318 g/mol. The topological polar surface area (TPSA) is 29.5 Å². The molecule has 0 heterocycles. The van der Waals surface area contributed by atoms with Gasteiger partial charge in [-0.1, -0.05) is 12.1 Å². The van der Waals surface area contributed by atoms with Crippen LogP contribution < -0.4 is 4.74 Å². The van der Waals surface area contributed by atoms with E-state index < -0.39 is 17.7 Å². The van der Waals surface area contributed by atoms with E-state index in [2.05, 4.69) is 15.9 Å². The highest BCUT2D eigenvalue weighted by atomic mass is 79.9. The molecule has 2 rings (SSSR count). The minimum absolute atomic E-state index is 0.108. The molecule has 0 aliphatic heterocycles. The van der Waals surface area contributed by atoms with Crippen LogP contribution in [0, 0.1) is 11.6 Å². The van der Waals surface area contributed by atoms with Gasteiger partial charge >= 0.3 is 0 Å². The molecule has 2 aromatic rings. The smallest absolute Gasteiger partial charge is 0.168 e. The Bertz CT molecular complexity index is 600. The monoisotopic (exact) mass is 328 g/mol. The molecule has 0 aliphatic rings. The van der Waals surface area contributed by atoms with Crippen molar-refractivity contribution < 1.29 is 18.6 Å². The van der Waals surface area contributed by atoms with Crippen molar-refractivity contribution in [1.82, 2.24) is 0 Å². The van der Waals surface area contributed by atoms with Gasteiger partial charge < -0.3 is 9.84 Å². The van der Waals surface area contributed by atoms with Gasteiger partial charge in [0, 0.05) is 11.6 Å². The third-order valence-corrected chi connectivity index (χ3v) is 3.21. The van der Waals surface area contributed by atoms with E-state index in [1.165, 1.54) is 31.2 Å². The number of aliphatic hydroxyl groups is 1. The van der Waals surface area contributed by atoms with Gasteiger partial charge in [0.15, 0.2) is 11.6 Å². The van der Waals surface area contributed by atoms with Crippen molar-refractivity contribution in [3.8, 4) is 11.5 Å². The molecule has 0 fully saturated rings. The zero-order chi connectivity index (χ0) is 14.0. The summed E-state index contributed by atoms with van der Waals surface area (Å²) in [4.78, 5) is 0. The number of benzene rings is 2. The average Bonchev–Trinajstić information content (AvgIpc) is 2.35. The first-order chi connectivity index (χ1) is 8.99. The lowest BCUT2D eigenvalue weighted by Gasteiger charge is -2.14. The summed E-state index contributed by atoms with van der Waals surface area (Å²) < 4.78 is 32.8. The Hall–Kier alpha value is -1.46. The van der Waals surface area contributed by atoms with E-state index in [0.717, 1.165) is 6.07 Å². The molecule has 1 N–H and O–H groups in total. The van der Waals surface area contributed by atoms with E-state index >= 15 is 0 Å². The lowest BCUT2D eigenvalue weighted by molar-refractivity contribution is 0.194. The summed E-state index contributed by atoms with van der Waals surface area (Å²) in [5, 5.41) is 9.60. The largest absolute Gasteiger partial charge is 0.453 e. The SMILES string of the molecule is CC(O)c1cccc(F)c1Oc1cc(F)ccc1Br. The fourth-order valence-corrected chi connectivity index (χ4v) is 1.96. The molecular formula is C14H11BrF2O2. The Morgan fingerprint density at radius 3 is 2.63 bits per heavy atom. The van der Waals surface area contributed by atoms with Gasteiger partial charge in [0.05, 0.1) is 10.6 Å². The number of ether oxygens (including phenoxy) is 1. The number of aliphatic hydroxyl groups excluding tert-OH is 1. The zero-order valence-electron chi connectivity index (χ0n) is 10.0. The molecule has 0 spiro atoms. The van der Waals surface area contributed by atoms with Crippen LogP contribution in [0.2, 0.25) is 0 Å². The van der Waals surface area contributed by atoms with Crippen molar-refractivity contribution in [3.63, 3.8) is 0 Å². The maximum Gasteiger partial charge on any atom is 0.168 e. The Morgan fingerprint density at radius 1 is 1.21 bits per heavy atom. The van der Waals surface area contributed by atoms with Gasteiger partial charge in [-0.2, -0.15) is 0 Å². The molecule has 2 nitrogen and oxygen atoms in total. The predicted molar refractivity (Wildman–Crippen MR) is 71.2 cm³/mol. The quantitative estimate of drug-likeness (QED) is 0.894. The van der Waals surface area contributed by atoms with Gasteiger partial charge in [-0.05, 0) is 41.1 Å². The third-order valence-electron chi connectivity index (χ3n) is 2.55. The van der Waals surface area contributed by atoms with Gasteiger partial charge in [-0.25, -0.2) is 8.78 Å². The number of halogens is 3. The van der Waals surface area contributed by atoms with Crippen molar-refractivity contribution in [2.75, 3.05) is 0 Å². The predicted octanol–water partition coefficient (Wildman–Crippen LogP) is 4.57. The molecule has 0 amide bonds. The second-order valence-electron chi connectivity index (χ2n) is 4.01. The highest BCUT2D eigenvalue weighted by molar-refractivity contribution is 9.10. The second-order valence-corrected chi connectivity index (χ2v) is 4.87. The fourth-order valence-electron chi connectivity index (χ4n) is 1.63. The van der Waals surface area contributed by atoms with Crippen LogP contribution in [0.4, 0.5) is 8.78 Å². The number of hydrogen-bond acceptors (Lipinski definition) is 2. The molecule has 0 bridgehead atoms. The van der Waals surface area contributed by atoms with Crippen LogP contribution in [0.15, 0.2) is 40.9 Å². The minimum atomic E-state index is -0.891. The first kappa shape index (κ1) is 14.0. The fraction of sp³-hybridized carbons (Fsp3) is 0.143. The highest BCUT2D eigenvalue weighted by Crippen LogP contribution is 2.35. The van der Waals surface area contributed by atoms with Crippen molar-refractivity contribution in [2.24, 2.45) is 0 Å². The van der Waals surface area contributed by atoms with Crippen LogP contribution >= 0.6 is 15.9 Å². The van der Waals surface area contributed by atoms with E-state index in [1.807, 2.05) is 0 Å². The Kier molecular flexibility index (Phi) is 4.17. The van der Waals surface area contributed by atoms with Gasteiger partial charge in [0.2, 0.25) is 0 Å². The van der Waals surface area contributed by atoms with Crippen molar-refractivity contribution in [1.29, 1.82) is 0 Å². The highest BCUT2D eigenvalue weighted by Gasteiger charge is 2.16.